The second-order valence-electron chi connectivity index (χ2n) is 5.64. The molecule has 0 spiro atoms. The van der Waals surface area contributed by atoms with E-state index in [-0.39, 0.29) is 35.9 Å². The smallest absolute Gasteiger partial charge is 0.246 e. The number of nitrogens with one attached hydrogen (secondary N) is 1. The Hall–Kier alpha value is -1.06. The number of hydrogen-bond donors (Lipinski definition) is 1. The van der Waals surface area contributed by atoms with Gasteiger partial charge in [0.2, 0.25) is 11.8 Å². The van der Waals surface area contributed by atoms with Crippen LogP contribution in [0.25, 0.3) is 0 Å². The summed E-state index contributed by atoms with van der Waals surface area (Å²) in [5.41, 5.74) is 0. The lowest BCUT2D eigenvalue weighted by Gasteiger charge is -2.42. The van der Waals surface area contributed by atoms with Gasteiger partial charge in [-0.05, 0) is 26.2 Å². The Balaban J connectivity index is 2.84. The lowest BCUT2D eigenvalue weighted by Crippen LogP contribution is -2.65. The van der Waals surface area contributed by atoms with Crippen LogP contribution in [0, 0.1) is 5.92 Å². The average Bonchev–Trinajstić information content (AvgIpc) is 2.31. The molecular weight excluding hydrogens is 228 g/mol. The van der Waals surface area contributed by atoms with Crippen molar-refractivity contribution in [2.24, 2.45) is 5.92 Å². The van der Waals surface area contributed by atoms with E-state index in [0.29, 0.717) is 0 Å². The Morgan fingerprint density at radius 2 is 1.89 bits per heavy atom. The molecule has 4 nitrogen and oxygen atoms in total. The van der Waals surface area contributed by atoms with Crippen LogP contribution in [0.15, 0.2) is 0 Å². The number of rotatable bonds is 5. The first-order valence-electron chi connectivity index (χ1n) is 7.02. The molecule has 1 saturated heterocycles. The molecule has 0 aromatic rings. The minimum atomic E-state index is -0.363. The van der Waals surface area contributed by atoms with Crippen LogP contribution in [0.5, 0.6) is 0 Å². The third-order valence-electron chi connectivity index (χ3n) is 3.73. The summed E-state index contributed by atoms with van der Waals surface area (Å²) >= 11 is 0. The third-order valence-corrected chi connectivity index (χ3v) is 3.73. The number of hydrogen-bond acceptors (Lipinski definition) is 2. The van der Waals surface area contributed by atoms with Crippen LogP contribution in [0.1, 0.15) is 53.9 Å². The molecular formula is C14H26N2O2. The van der Waals surface area contributed by atoms with E-state index in [9.17, 15) is 9.59 Å². The molecule has 18 heavy (non-hydrogen) atoms. The zero-order chi connectivity index (χ0) is 13.9. The first kappa shape index (κ1) is 15.0. The molecule has 1 heterocycles. The fraction of sp³-hybridized carbons (Fsp3) is 0.857. The van der Waals surface area contributed by atoms with E-state index in [4.69, 9.17) is 0 Å². The lowest BCUT2D eigenvalue weighted by molar-refractivity contribution is -0.152. The first-order valence-corrected chi connectivity index (χ1v) is 7.02. The predicted molar refractivity (Wildman–Crippen MR) is 72.1 cm³/mol. The maximum absolute atomic E-state index is 12.4. The van der Waals surface area contributed by atoms with Crippen LogP contribution in [-0.2, 0) is 9.59 Å². The largest absolute Gasteiger partial charge is 0.342 e. The molecule has 0 aromatic carbocycles. The molecule has 2 amide bonds. The molecule has 0 saturated carbocycles. The molecule has 1 aliphatic heterocycles. The van der Waals surface area contributed by atoms with Crippen molar-refractivity contribution in [1.82, 2.24) is 10.2 Å². The predicted octanol–water partition coefficient (Wildman–Crippen LogP) is 1.94. The summed E-state index contributed by atoms with van der Waals surface area (Å²) in [6.07, 6.45) is 3.16. The highest BCUT2D eigenvalue weighted by Crippen LogP contribution is 2.20. The van der Waals surface area contributed by atoms with Gasteiger partial charge in [0, 0.05) is 6.04 Å². The van der Waals surface area contributed by atoms with Gasteiger partial charge >= 0.3 is 0 Å². The van der Waals surface area contributed by atoms with E-state index in [1.54, 1.807) is 4.90 Å². The summed E-state index contributed by atoms with van der Waals surface area (Å²) in [5.74, 6) is 0.173. The Morgan fingerprint density at radius 1 is 1.28 bits per heavy atom. The average molecular weight is 254 g/mol. The summed E-state index contributed by atoms with van der Waals surface area (Å²) in [5, 5.41) is 2.83. The molecule has 4 heteroatoms. The van der Waals surface area contributed by atoms with Crippen molar-refractivity contribution in [2.75, 3.05) is 0 Å². The Morgan fingerprint density at radius 3 is 2.39 bits per heavy atom. The van der Waals surface area contributed by atoms with Crippen molar-refractivity contribution in [3.05, 3.63) is 0 Å². The van der Waals surface area contributed by atoms with Crippen LogP contribution in [0.4, 0.5) is 0 Å². The van der Waals surface area contributed by atoms with Crippen molar-refractivity contribution >= 4 is 11.8 Å². The molecule has 0 radical (unpaired) electrons. The van der Waals surface area contributed by atoms with Crippen LogP contribution in [0.3, 0.4) is 0 Å². The van der Waals surface area contributed by atoms with Crippen molar-refractivity contribution in [3.8, 4) is 0 Å². The SMILES string of the molecule is CCCCC(C)N1C(=O)C(C(C)C)NC(=O)C1C. The zero-order valence-corrected chi connectivity index (χ0v) is 12.2. The van der Waals surface area contributed by atoms with E-state index in [2.05, 4.69) is 12.2 Å². The van der Waals surface area contributed by atoms with Crippen LogP contribution >= 0.6 is 0 Å². The molecule has 104 valence electrons. The summed E-state index contributed by atoms with van der Waals surface area (Å²) in [7, 11) is 0. The Labute approximate surface area is 110 Å². The van der Waals surface area contributed by atoms with Crippen molar-refractivity contribution < 1.29 is 9.59 Å². The molecule has 0 aliphatic carbocycles. The van der Waals surface area contributed by atoms with Gasteiger partial charge in [-0.15, -0.1) is 0 Å². The number of amides is 2. The monoisotopic (exact) mass is 254 g/mol. The minimum Gasteiger partial charge on any atom is -0.342 e. The summed E-state index contributed by atoms with van der Waals surface area (Å²) < 4.78 is 0. The van der Waals surface area contributed by atoms with Gasteiger partial charge in [-0.1, -0.05) is 33.6 Å². The van der Waals surface area contributed by atoms with E-state index in [0.717, 1.165) is 19.3 Å². The second kappa shape index (κ2) is 6.21. The first-order chi connectivity index (χ1) is 8.40. The number of unbranched alkanes of at least 4 members (excludes halogenated alkanes) is 1. The Kier molecular flexibility index (Phi) is 5.17. The second-order valence-corrected chi connectivity index (χ2v) is 5.64. The maximum Gasteiger partial charge on any atom is 0.246 e. The zero-order valence-electron chi connectivity index (χ0n) is 12.2. The standard InChI is InChI=1S/C14H26N2O2/c1-6-7-8-10(4)16-11(5)13(17)15-12(9(2)3)14(16)18/h9-12H,6-8H2,1-5H3,(H,15,17). The van der Waals surface area contributed by atoms with Gasteiger partial charge in [0.1, 0.15) is 12.1 Å². The van der Waals surface area contributed by atoms with E-state index in [1.165, 1.54) is 0 Å². The van der Waals surface area contributed by atoms with Crippen LogP contribution < -0.4 is 5.32 Å². The summed E-state index contributed by atoms with van der Waals surface area (Å²) in [4.78, 5) is 26.2. The van der Waals surface area contributed by atoms with Crippen LogP contribution in [-0.4, -0.2) is 34.8 Å². The highest BCUT2D eigenvalue weighted by molar-refractivity contribution is 5.97. The van der Waals surface area contributed by atoms with Gasteiger partial charge in [0.05, 0.1) is 0 Å². The summed E-state index contributed by atoms with van der Waals surface area (Å²) in [6.45, 7) is 9.92. The topological polar surface area (TPSA) is 49.4 Å². The van der Waals surface area contributed by atoms with Crippen molar-refractivity contribution in [2.45, 2.75) is 72.0 Å². The fourth-order valence-corrected chi connectivity index (χ4v) is 2.50. The molecule has 0 bridgehead atoms. The van der Waals surface area contributed by atoms with E-state index < -0.39 is 0 Å². The number of nitrogens with zero attached hydrogens (tertiary/aromatic N) is 1. The molecule has 1 aliphatic rings. The molecule has 0 aromatic heterocycles. The third kappa shape index (κ3) is 3.03. The van der Waals surface area contributed by atoms with Crippen molar-refractivity contribution in [1.29, 1.82) is 0 Å². The van der Waals surface area contributed by atoms with Gasteiger partial charge in [-0.25, -0.2) is 0 Å². The van der Waals surface area contributed by atoms with Crippen LogP contribution in [0.2, 0.25) is 0 Å². The van der Waals surface area contributed by atoms with Gasteiger partial charge in [-0.3, -0.25) is 9.59 Å². The maximum atomic E-state index is 12.4. The summed E-state index contributed by atoms with van der Waals surface area (Å²) in [6, 6.07) is -0.572. The fourth-order valence-electron chi connectivity index (χ4n) is 2.50. The highest BCUT2D eigenvalue weighted by atomic mass is 16.2. The molecule has 3 unspecified atom stereocenters. The quantitative estimate of drug-likeness (QED) is 0.815. The van der Waals surface area contributed by atoms with Gasteiger partial charge in [0.15, 0.2) is 0 Å². The normalized spacial score (nSPS) is 26.4. The number of carbonyl (C=O) groups excluding carboxylic acids is 2. The number of carbonyl (C=O) groups is 2. The van der Waals surface area contributed by atoms with Crippen molar-refractivity contribution in [3.63, 3.8) is 0 Å². The lowest BCUT2D eigenvalue weighted by atomic mass is 9.96. The van der Waals surface area contributed by atoms with E-state index in [1.807, 2.05) is 27.7 Å². The minimum absolute atomic E-state index is 0.0309. The Bertz CT molecular complexity index is 315. The van der Waals surface area contributed by atoms with E-state index >= 15 is 0 Å². The molecule has 1 N–H and O–H groups in total. The van der Waals surface area contributed by atoms with Gasteiger partial charge < -0.3 is 10.2 Å². The molecule has 1 rings (SSSR count). The molecule has 1 fully saturated rings. The highest BCUT2D eigenvalue weighted by Gasteiger charge is 2.41. The van der Waals surface area contributed by atoms with Gasteiger partial charge in [-0.2, -0.15) is 0 Å². The van der Waals surface area contributed by atoms with Gasteiger partial charge in [0.25, 0.3) is 0 Å². The molecule has 3 atom stereocenters. The number of piperazine rings is 1.